The molecule has 0 bridgehead atoms. The van der Waals surface area contributed by atoms with Crippen molar-refractivity contribution in [1.82, 2.24) is 20.4 Å². The third-order valence-corrected chi connectivity index (χ3v) is 9.36. The fourth-order valence-corrected chi connectivity index (χ4v) is 7.00. The number of hydrogen-bond acceptors (Lipinski definition) is 5. The van der Waals surface area contributed by atoms with Crippen LogP contribution in [0.2, 0.25) is 0 Å². The second-order valence-electron chi connectivity index (χ2n) is 10.4. The molecule has 7 nitrogen and oxygen atoms in total. The highest BCUT2D eigenvalue weighted by atomic mass is 32.2. The molecule has 1 aliphatic heterocycles. The molecule has 2 fully saturated rings. The van der Waals surface area contributed by atoms with Gasteiger partial charge >= 0.3 is 0 Å². The zero-order chi connectivity index (χ0) is 25.4. The average Bonchev–Trinajstić information content (AvgIpc) is 3.44. The van der Waals surface area contributed by atoms with Crippen LogP contribution in [0.4, 0.5) is 0 Å². The molecule has 1 saturated heterocycles. The number of nitrogens with one attached hydrogen (secondary N) is 2. The van der Waals surface area contributed by atoms with E-state index in [1.165, 1.54) is 12.8 Å². The number of benzene rings is 2. The number of rotatable bonds is 6. The first-order valence-corrected chi connectivity index (χ1v) is 14.2. The Hall–Kier alpha value is -2.97. The van der Waals surface area contributed by atoms with E-state index in [2.05, 4.69) is 22.7 Å². The molecule has 1 amide bonds. The van der Waals surface area contributed by atoms with Crippen molar-refractivity contribution in [2.75, 3.05) is 0 Å². The van der Waals surface area contributed by atoms with Crippen LogP contribution in [0.25, 0.3) is 5.69 Å². The van der Waals surface area contributed by atoms with Crippen LogP contribution in [-0.2, 0) is 21.2 Å². The van der Waals surface area contributed by atoms with Gasteiger partial charge in [0.1, 0.15) is 0 Å². The van der Waals surface area contributed by atoms with Crippen molar-refractivity contribution in [2.45, 2.75) is 74.9 Å². The normalized spacial score (nSPS) is 23.9. The molecule has 0 spiro atoms. The summed E-state index contributed by atoms with van der Waals surface area (Å²) in [5, 5.41) is 11.0. The molecule has 1 saturated carbocycles. The van der Waals surface area contributed by atoms with Crippen LogP contribution < -0.4 is 10.6 Å². The minimum atomic E-state index is -3.69. The number of nitrogens with zero attached hydrogens (tertiary/aromatic N) is 2. The molecule has 190 valence electrons. The van der Waals surface area contributed by atoms with Crippen LogP contribution in [0.3, 0.4) is 0 Å². The minimum absolute atomic E-state index is 0.0229. The maximum Gasteiger partial charge on any atom is 0.237 e. The number of amides is 1. The van der Waals surface area contributed by atoms with Gasteiger partial charge < -0.3 is 10.6 Å². The van der Waals surface area contributed by atoms with Crippen LogP contribution >= 0.6 is 0 Å². The molecule has 2 N–H and O–H groups in total. The summed E-state index contributed by atoms with van der Waals surface area (Å²) < 4.78 is 28.3. The standard InChI is InChI=1S/C28H34N4O3S/c1-18-7-12-26-22(13-18)15-27(30-26)28(33)29-17-21-8-10-24(11-9-21)36(34,35)25-6-4-5-23(16-25)32-20(3)14-19(2)31-32/h4-6,8-11,14,16,18,22,26-27,30H,7,12-13,15,17H2,1-3H3,(H,29,33). The molecular formula is C28H34N4O3S. The summed E-state index contributed by atoms with van der Waals surface area (Å²) in [7, 11) is -3.69. The summed E-state index contributed by atoms with van der Waals surface area (Å²) in [6, 6.07) is 15.8. The van der Waals surface area contributed by atoms with Crippen LogP contribution in [0.15, 0.2) is 64.4 Å². The molecule has 2 aliphatic rings. The Morgan fingerprint density at radius 1 is 1.06 bits per heavy atom. The second-order valence-corrected chi connectivity index (χ2v) is 12.4. The molecule has 2 aromatic carbocycles. The van der Waals surface area contributed by atoms with Gasteiger partial charge in [0.25, 0.3) is 0 Å². The van der Waals surface area contributed by atoms with Gasteiger partial charge in [-0.25, -0.2) is 13.1 Å². The summed E-state index contributed by atoms with van der Waals surface area (Å²) in [4.78, 5) is 13.2. The van der Waals surface area contributed by atoms with Crippen LogP contribution in [0, 0.1) is 25.7 Å². The van der Waals surface area contributed by atoms with E-state index in [1.807, 2.05) is 26.0 Å². The van der Waals surface area contributed by atoms with E-state index < -0.39 is 9.84 Å². The Kier molecular flexibility index (Phi) is 6.74. The van der Waals surface area contributed by atoms with Crippen molar-refractivity contribution in [2.24, 2.45) is 11.8 Å². The summed E-state index contributed by atoms with van der Waals surface area (Å²) >= 11 is 0. The van der Waals surface area contributed by atoms with E-state index >= 15 is 0 Å². The topological polar surface area (TPSA) is 93.1 Å². The number of hydrogen-bond donors (Lipinski definition) is 2. The fourth-order valence-electron chi connectivity index (χ4n) is 5.70. The third kappa shape index (κ3) is 4.97. The van der Waals surface area contributed by atoms with E-state index in [4.69, 9.17) is 0 Å². The third-order valence-electron chi connectivity index (χ3n) is 7.60. The lowest BCUT2D eigenvalue weighted by molar-refractivity contribution is -0.123. The molecule has 4 unspecified atom stereocenters. The van der Waals surface area contributed by atoms with Crippen LogP contribution in [0.5, 0.6) is 0 Å². The maximum absolute atomic E-state index is 13.3. The van der Waals surface area contributed by atoms with Crippen molar-refractivity contribution >= 4 is 15.7 Å². The zero-order valence-corrected chi connectivity index (χ0v) is 21.9. The van der Waals surface area contributed by atoms with Gasteiger partial charge in [0.15, 0.2) is 0 Å². The predicted molar refractivity (Wildman–Crippen MR) is 139 cm³/mol. The van der Waals surface area contributed by atoms with Gasteiger partial charge in [-0.1, -0.05) is 25.1 Å². The Bertz CT molecular complexity index is 1360. The van der Waals surface area contributed by atoms with Gasteiger partial charge in [-0.05, 0) is 93.3 Å². The molecule has 1 aromatic heterocycles. The number of carbonyl (C=O) groups excluding carboxylic acids is 1. The van der Waals surface area contributed by atoms with Gasteiger partial charge in [0.05, 0.1) is 27.2 Å². The first kappa shape index (κ1) is 24.7. The molecule has 2 heterocycles. The van der Waals surface area contributed by atoms with Gasteiger partial charge in [-0.2, -0.15) is 5.10 Å². The molecule has 1 aliphatic carbocycles. The molecule has 3 aromatic rings. The summed E-state index contributed by atoms with van der Waals surface area (Å²) in [5.41, 5.74) is 3.38. The van der Waals surface area contributed by atoms with Gasteiger partial charge in [0, 0.05) is 18.3 Å². The predicted octanol–water partition coefficient (Wildman–Crippen LogP) is 4.10. The Balaban J connectivity index is 1.24. The highest BCUT2D eigenvalue weighted by Crippen LogP contribution is 2.36. The van der Waals surface area contributed by atoms with Crippen molar-refractivity contribution < 1.29 is 13.2 Å². The molecule has 36 heavy (non-hydrogen) atoms. The van der Waals surface area contributed by atoms with Gasteiger partial charge in [0.2, 0.25) is 15.7 Å². The first-order valence-electron chi connectivity index (χ1n) is 12.7. The largest absolute Gasteiger partial charge is 0.351 e. The van der Waals surface area contributed by atoms with Crippen LogP contribution in [-0.4, -0.2) is 36.2 Å². The summed E-state index contributed by atoms with van der Waals surface area (Å²) in [6.45, 7) is 6.52. The fraction of sp³-hybridized carbons (Fsp3) is 0.429. The highest BCUT2D eigenvalue weighted by Gasteiger charge is 2.39. The Labute approximate surface area is 213 Å². The molecule has 0 radical (unpaired) electrons. The number of fused-ring (bicyclic) bond motifs is 1. The van der Waals surface area contributed by atoms with Crippen molar-refractivity contribution in [3.05, 3.63) is 71.5 Å². The SMILES string of the molecule is Cc1cc(C)n(-c2cccc(S(=O)(=O)c3ccc(CNC(=O)C4CC5CC(C)CCC5N4)cc3)c2)n1. The lowest BCUT2D eigenvalue weighted by Gasteiger charge is -2.29. The van der Waals surface area contributed by atoms with E-state index in [-0.39, 0.29) is 21.7 Å². The van der Waals surface area contributed by atoms with Crippen molar-refractivity contribution in [1.29, 1.82) is 0 Å². The Morgan fingerprint density at radius 3 is 2.56 bits per heavy atom. The summed E-state index contributed by atoms with van der Waals surface area (Å²) in [6.07, 6.45) is 4.47. The van der Waals surface area contributed by atoms with Gasteiger partial charge in [-0.15, -0.1) is 0 Å². The zero-order valence-electron chi connectivity index (χ0n) is 21.1. The minimum Gasteiger partial charge on any atom is -0.351 e. The van der Waals surface area contributed by atoms with E-state index in [0.717, 1.165) is 35.7 Å². The average molecular weight is 507 g/mol. The molecule has 4 atom stereocenters. The van der Waals surface area contributed by atoms with Crippen molar-refractivity contribution in [3.63, 3.8) is 0 Å². The van der Waals surface area contributed by atoms with Crippen molar-refractivity contribution in [3.8, 4) is 5.69 Å². The maximum atomic E-state index is 13.3. The second kappa shape index (κ2) is 9.82. The van der Waals surface area contributed by atoms with E-state index in [9.17, 15) is 13.2 Å². The number of carbonyl (C=O) groups is 1. The lowest BCUT2D eigenvalue weighted by Crippen LogP contribution is -2.43. The molecule has 5 rings (SSSR count). The number of sulfone groups is 1. The van der Waals surface area contributed by atoms with E-state index in [0.29, 0.717) is 24.2 Å². The van der Waals surface area contributed by atoms with Crippen LogP contribution in [0.1, 0.15) is 49.6 Å². The summed E-state index contributed by atoms with van der Waals surface area (Å²) in [5.74, 6) is 1.36. The van der Waals surface area contributed by atoms with Gasteiger partial charge in [-0.3, -0.25) is 4.79 Å². The number of aromatic nitrogens is 2. The lowest BCUT2D eigenvalue weighted by atomic mass is 9.79. The quantitative estimate of drug-likeness (QED) is 0.525. The monoisotopic (exact) mass is 506 g/mol. The van der Waals surface area contributed by atoms with E-state index in [1.54, 1.807) is 47.1 Å². The molecular weight excluding hydrogens is 472 g/mol. The Morgan fingerprint density at radius 2 is 1.83 bits per heavy atom. The number of aryl methyl sites for hydroxylation is 2. The highest BCUT2D eigenvalue weighted by molar-refractivity contribution is 7.91. The smallest absolute Gasteiger partial charge is 0.237 e. The molecule has 8 heteroatoms. The first-order chi connectivity index (χ1) is 17.2.